The Bertz CT molecular complexity index is 633. The van der Waals surface area contributed by atoms with E-state index in [1.807, 2.05) is 36.6 Å². The molecule has 22 heavy (non-hydrogen) atoms. The van der Waals surface area contributed by atoms with Crippen LogP contribution in [0.2, 0.25) is 0 Å². The average molecular weight is 317 g/mol. The molecule has 6 heteroatoms. The number of hydrogen-bond donors (Lipinski definition) is 1. The molecular formula is C16H19N3O2S. The predicted octanol–water partition coefficient (Wildman–Crippen LogP) is 2.54. The van der Waals surface area contributed by atoms with Crippen molar-refractivity contribution in [3.05, 3.63) is 46.5 Å². The molecular weight excluding hydrogens is 298 g/mol. The van der Waals surface area contributed by atoms with Gasteiger partial charge in [-0.05, 0) is 24.6 Å². The molecule has 1 aromatic heterocycles. The van der Waals surface area contributed by atoms with Gasteiger partial charge < -0.3 is 4.74 Å². The fourth-order valence-corrected chi connectivity index (χ4v) is 3.04. The maximum Gasteiger partial charge on any atom is 0.257 e. The molecule has 1 saturated heterocycles. The molecule has 116 valence electrons. The Morgan fingerprint density at radius 2 is 2.05 bits per heavy atom. The first-order chi connectivity index (χ1) is 10.7. The second-order valence-corrected chi connectivity index (χ2v) is 6.19. The summed E-state index contributed by atoms with van der Waals surface area (Å²) in [5, 5.41) is 5.38. The number of thiazole rings is 1. The molecule has 2 heterocycles. The molecule has 0 spiro atoms. The van der Waals surface area contributed by atoms with Gasteiger partial charge in [-0.2, -0.15) is 0 Å². The van der Waals surface area contributed by atoms with Crippen LogP contribution in [0.1, 0.15) is 21.6 Å². The molecule has 0 saturated carbocycles. The maximum atomic E-state index is 12.2. The van der Waals surface area contributed by atoms with Crippen LogP contribution >= 0.6 is 11.3 Å². The lowest BCUT2D eigenvalue weighted by molar-refractivity contribution is 0.0342. The van der Waals surface area contributed by atoms with Gasteiger partial charge in [-0.25, -0.2) is 4.98 Å². The molecule has 1 aromatic carbocycles. The van der Waals surface area contributed by atoms with Crippen LogP contribution in [0.5, 0.6) is 0 Å². The Morgan fingerprint density at radius 3 is 2.68 bits per heavy atom. The van der Waals surface area contributed by atoms with E-state index < -0.39 is 0 Å². The van der Waals surface area contributed by atoms with E-state index in [2.05, 4.69) is 15.2 Å². The van der Waals surface area contributed by atoms with E-state index in [4.69, 9.17) is 4.74 Å². The summed E-state index contributed by atoms with van der Waals surface area (Å²) in [7, 11) is 0. The van der Waals surface area contributed by atoms with E-state index in [1.54, 1.807) is 0 Å². The highest BCUT2D eigenvalue weighted by Gasteiger charge is 2.12. The predicted molar refractivity (Wildman–Crippen MR) is 87.3 cm³/mol. The fourth-order valence-electron chi connectivity index (χ4n) is 2.36. The number of amides is 1. The van der Waals surface area contributed by atoms with E-state index in [0.717, 1.165) is 38.5 Å². The van der Waals surface area contributed by atoms with E-state index >= 15 is 0 Å². The number of carbonyl (C=O) groups excluding carboxylic acids is 1. The SMILES string of the molecule is Cc1csc(NC(=O)c2ccc(CN3CCOCC3)cc2)n1. The summed E-state index contributed by atoms with van der Waals surface area (Å²) >= 11 is 1.44. The zero-order chi connectivity index (χ0) is 15.4. The third-order valence-corrected chi connectivity index (χ3v) is 4.44. The molecule has 1 N–H and O–H groups in total. The summed E-state index contributed by atoms with van der Waals surface area (Å²) in [6, 6.07) is 7.76. The van der Waals surface area contributed by atoms with Crippen molar-refractivity contribution >= 4 is 22.4 Å². The Morgan fingerprint density at radius 1 is 1.32 bits per heavy atom. The highest BCUT2D eigenvalue weighted by Crippen LogP contribution is 2.16. The van der Waals surface area contributed by atoms with Crippen molar-refractivity contribution in [2.24, 2.45) is 0 Å². The standard InChI is InChI=1S/C16H19N3O2S/c1-12-11-22-16(17-12)18-15(20)14-4-2-13(3-5-14)10-19-6-8-21-9-7-19/h2-5,11H,6-10H2,1H3,(H,17,18,20). The topological polar surface area (TPSA) is 54.5 Å². The van der Waals surface area contributed by atoms with Crippen LogP contribution in [-0.4, -0.2) is 42.1 Å². The van der Waals surface area contributed by atoms with Crippen LogP contribution in [-0.2, 0) is 11.3 Å². The van der Waals surface area contributed by atoms with Crippen molar-refractivity contribution in [1.82, 2.24) is 9.88 Å². The first-order valence-corrected chi connectivity index (χ1v) is 8.21. The fraction of sp³-hybridized carbons (Fsp3) is 0.375. The van der Waals surface area contributed by atoms with Gasteiger partial charge in [0.05, 0.1) is 18.9 Å². The molecule has 0 aliphatic carbocycles. The van der Waals surface area contributed by atoms with Gasteiger partial charge in [-0.15, -0.1) is 11.3 Å². The lowest BCUT2D eigenvalue weighted by atomic mass is 10.1. The number of rotatable bonds is 4. The minimum Gasteiger partial charge on any atom is -0.379 e. The van der Waals surface area contributed by atoms with E-state index in [0.29, 0.717) is 10.7 Å². The van der Waals surface area contributed by atoms with Crippen LogP contribution in [0.4, 0.5) is 5.13 Å². The zero-order valence-electron chi connectivity index (χ0n) is 12.5. The lowest BCUT2D eigenvalue weighted by Gasteiger charge is -2.26. The third-order valence-electron chi connectivity index (χ3n) is 3.57. The Kier molecular flexibility index (Phi) is 4.82. The number of benzene rings is 1. The number of ether oxygens (including phenoxy) is 1. The summed E-state index contributed by atoms with van der Waals surface area (Å²) in [6.45, 7) is 6.34. The molecule has 5 nitrogen and oxygen atoms in total. The second kappa shape index (κ2) is 7.00. The van der Waals surface area contributed by atoms with E-state index in [1.165, 1.54) is 16.9 Å². The third kappa shape index (κ3) is 3.91. The molecule has 3 rings (SSSR count). The van der Waals surface area contributed by atoms with Crippen molar-refractivity contribution in [1.29, 1.82) is 0 Å². The van der Waals surface area contributed by atoms with Gasteiger partial charge in [-0.3, -0.25) is 15.0 Å². The van der Waals surface area contributed by atoms with Crippen molar-refractivity contribution in [3.63, 3.8) is 0 Å². The van der Waals surface area contributed by atoms with Crippen LogP contribution in [0.15, 0.2) is 29.6 Å². The molecule has 2 aromatic rings. The Balaban J connectivity index is 1.59. The number of nitrogens with one attached hydrogen (secondary N) is 1. The quantitative estimate of drug-likeness (QED) is 0.941. The molecule has 1 fully saturated rings. The monoisotopic (exact) mass is 317 g/mol. The molecule has 0 radical (unpaired) electrons. The largest absolute Gasteiger partial charge is 0.379 e. The zero-order valence-corrected chi connectivity index (χ0v) is 13.4. The smallest absolute Gasteiger partial charge is 0.257 e. The molecule has 0 atom stereocenters. The van der Waals surface area contributed by atoms with Crippen LogP contribution in [0.3, 0.4) is 0 Å². The summed E-state index contributed by atoms with van der Waals surface area (Å²) in [5.41, 5.74) is 2.78. The van der Waals surface area contributed by atoms with Gasteiger partial charge in [0.25, 0.3) is 5.91 Å². The highest BCUT2D eigenvalue weighted by molar-refractivity contribution is 7.13. The molecule has 0 bridgehead atoms. The number of morpholine rings is 1. The summed E-state index contributed by atoms with van der Waals surface area (Å²) in [4.78, 5) is 18.8. The van der Waals surface area contributed by atoms with Crippen molar-refractivity contribution in [2.75, 3.05) is 31.6 Å². The summed E-state index contributed by atoms with van der Waals surface area (Å²) < 4.78 is 5.35. The number of anilines is 1. The van der Waals surface area contributed by atoms with Gasteiger partial charge in [0.15, 0.2) is 5.13 Å². The second-order valence-electron chi connectivity index (χ2n) is 5.33. The number of nitrogens with zero attached hydrogens (tertiary/aromatic N) is 2. The summed E-state index contributed by atoms with van der Waals surface area (Å²) in [5.74, 6) is -0.118. The normalized spacial score (nSPS) is 15.7. The first-order valence-electron chi connectivity index (χ1n) is 7.33. The molecule has 1 amide bonds. The number of aromatic nitrogens is 1. The van der Waals surface area contributed by atoms with Crippen molar-refractivity contribution < 1.29 is 9.53 Å². The summed E-state index contributed by atoms with van der Waals surface area (Å²) in [6.07, 6.45) is 0. The molecule has 1 aliphatic heterocycles. The van der Waals surface area contributed by atoms with Crippen molar-refractivity contribution in [3.8, 4) is 0 Å². The van der Waals surface area contributed by atoms with Gasteiger partial charge >= 0.3 is 0 Å². The van der Waals surface area contributed by atoms with Crippen LogP contribution in [0.25, 0.3) is 0 Å². The number of aryl methyl sites for hydroxylation is 1. The maximum absolute atomic E-state index is 12.2. The van der Waals surface area contributed by atoms with Crippen LogP contribution < -0.4 is 5.32 Å². The van der Waals surface area contributed by atoms with Crippen LogP contribution in [0, 0.1) is 6.92 Å². The van der Waals surface area contributed by atoms with Gasteiger partial charge in [0.1, 0.15) is 0 Å². The minimum atomic E-state index is -0.118. The van der Waals surface area contributed by atoms with Crippen molar-refractivity contribution in [2.45, 2.75) is 13.5 Å². The Hall–Kier alpha value is -1.76. The average Bonchev–Trinajstić information content (AvgIpc) is 2.94. The Labute approximate surface area is 133 Å². The highest BCUT2D eigenvalue weighted by atomic mass is 32.1. The number of hydrogen-bond acceptors (Lipinski definition) is 5. The first kappa shape index (κ1) is 15.1. The molecule has 1 aliphatic rings. The van der Waals surface area contributed by atoms with Gasteiger partial charge in [0.2, 0.25) is 0 Å². The van der Waals surface area contributed by atoms with E-state index in [-0.39, 0.29) is 5.91 Å². The van der Waals surface area contributed by atoms with E-state index in [9.17, 15) is 4.79 Å². The minimum absolute atomic E-state index is 0.118. The van der Waals surface area contributed by atoms with Gasteiger partial charge in [0, 0.05) is 30.6 Å². The lowest BCUT2D eigenvalue weighted by Crippen LogP contribution is -2.35. The van der Waals surface area contributed by atoms with Gasteiger partial charge in [-0.1, -0.05) is 12.1 Å². The molecule has 0 unspecified atom stereocenters. The number of carbonyl (C=O) groups is 1.